The fourth-order valence-electron chi connectivity index (χ4n) is 3.63. The van der Waals surface area contributed by atoms with Gasteiger partial charge in [0.05, 0.1) is 12.3 Å². The predicted octanol–water partition coefficient (Wildman–Crippen LogP) is 4.29. The van der Waals surface area contributed by atoms with Gasteiger partial charge in [0, 0.05) is 29.1 Å². The Morgan fingerprint density at radius 1 is 1.12 bits per heavy atom. The zero-order valence-corrected chi connectivity index (χ0v) is 20.3. The highest BCUT2D eigenvalue weighted by atomic mass is 35.5. The Morgan fingerprint density at radius 2 is 1.81 bits per heavy atom. The molecule has 0 unspecified atom stereocenters. The normalized spacial score (nSPS) is 15.5. The van der Waals surface area contributed by atoms with Crippen LogP contribution in [-0.2, 0) is 27.0 Å². The summed E-state index contributed by atoms with van der Waals surface area (Å²) in [5.74, 6) is 0.323. The van der Waals surface area contributed by atoms with Crippen molar-refractivity contribution in [1.82, 2.24) is 9.62 Å². The van der Waals surface area contributed by atoms with Gasteiger partial charge in [-0.15, -0.1) is 0 Å². The average Bonchev–Trinajstić information content (AvgIpc) is 2.79. The molecule has 0 aliphatic carbocycles. The van der Waals surface area contributed by atoms with E-state index in [-0.39, 0.29) is 17.6 Å². The van der Waals surface area contributed by atoms with Crippen molar-refractivity contribution in [2.24, 2.45) is 5.92 Å². The second-order valence-corrected chi connectivity index (χ2v) is 10.6. The van der Waals surface area contributed by atoms with E-state index < -0.39 is 10.0 Å². The average molecular weight is 499 g/mol. The lowest BCUT2D eigenvalue weighted by Gasteiger charge is -2.30. The van der Waals surface area contributed by atoms with Crippen LogP contribution < -0.4 is 10.1 Å². The van der Waals surface area contributed by atoms with Crippen LogP contribution in [-0.4, -0.2) is 44.9 Å². The Bertz CT molecular complexity index is 1020. The van der Waals surface area contributed by atoms with E-state index in [1.165, 1.54) is 15.9 Å². The van der Waals surface area contributed by atoms with Gasteiger partial charge in [0.1, 0.15) is 12.4 Å². The number of carbonyl (C=O) groups excluding carboxylic acids is 1. The van der Waals surface area contributed by atoms with Crippen LogP contribution in [0.1, 0.15) is 30.9 Å². The number of sulfonamides is 1. The number of benzene rings is 2. The lowest BCUT2D eigenvalue weighted by Crippen LogP contribution is -2.44. The van der Waals surface area contributed by atoms with Crippen molar-refractivity contribution in [2.75, 3.05) is 26.2 Å². The molecule has 0 radical (unpaired) electrons. The second kappa shape index (κ2) is 11.4. The standard InChI is InChI=1S/C23H28Cl2N2O4S/c1-2-17-3-7-21(8-4-17)31-14-11-26-23(28)18-9-12-27(13-10-18)32(29,30)16-19-5-6-20(24)15-22(19)25/h3-8,15,18H,2,9-14,16H2,1H3,(H,26,28). The van der Waals surface area contributed by atoms with Crippen molar-refractivity contribution in [1.29, 1.82) is 0 Å². The van der Waals surface area contributed by atoms with Crippen LogP contribution in [0.5, 0.6) is 5.75 Å². The SMILES string of the molecule is CCc1ccc(OCCNC(=O)C2CCN(S(=O)(=O)Cc3ccc(Cl)cc3Cl)CC2)cc1. The molecule has 0 bridgehead atoms. The second-order valence-electron chi connectivity index (χ2n) is 7.80. The van der Waals surface area contributed by atoms with Gasteiger partial charge in [-0.1, -0.05) is 48.3 Å². The van der Waals surface area contributed by atoms with Crippen molar-refractivity contribution in [2.45, 2.75) is 31.9 Å². The van der Waals surface area contributed by atoms with Crippen LogP contribution in [0.2, 0.25) is 10.0 Å². The van der Waals surface area contributed by atoms with Crippen LogP contribution in [0.15, 0.2) is 42.5 Å². The summed E-state index contributed by atoms with van der Waals surface area (Å²) in [6.45, 7) is 3.51. The number of piperidine rings is 1. The highest BCUT2D eigenvalue weighted by Gasteiger charge is 2.31. The van der Waals surface area contributed by atoms with Crippen molar-refractivity contribution in [3.8, 4) is 5.75 Å². The first-order valence-electron chi connectivity index (χ1n) is 10.7. The summed E-state index contributed by atoms with van der Waals surface area (Å²) in [5.41, 5.74) is 1.76. The maximum atomic E-state index is 12.8. The molecule has 174 valence electrons. The third-order valence-electron chi connectivity index (χ3n) is 5.57. The predicted molar refractivity (Wildman–Crippen MR) is 128 cm³/mol. The molecule has 1 heterocycles. The molecule has 6 nitrogen and oxygen atoms in total. The number of carbonyl (C=O) groups is 1. The zero-order valence-electron chi connectivity index (χ0n) is 18.0. The van der Waals surface area contributed by atoms with Crippen molar-refractivity contribution in [3.63, 3.8) is 0 Å². The van der Waals surface area contributed by atoms with Crippen LogP contribution in [0, 0.1) is 5.92 Å². The number of amides is 1. The molecule has 0 spiro atoms. The number of nitrogens with zero attached hydrogens (tertiary/aromatic N) is 1. The molecule has 9 heteroatoms. The van der Waals surface area contributed by atoms with Gasteiger partial charge in [0.15, 0.2) is 0 Å². The summed E-state index contributed by atoms with van der Waals surface area (Å²) in [5, 5.41) is 3.68. The first kappa shape index (κ1) is 24.8. The monoisotopic (exact) mass is 498 g/mol. The van der Waals surface area contributed by atoms with Gasteiger partial charge < -0.3 is 10.1 Å². The topological polar surface area (TPSA) is 75.7 Å². The first-order chi connectivity index (χ1) is 15.3. The summed E-state index contributed by atoms with van der Waals surface area (Å²) in [6.07, 6.45) is 1.95. The molecular formula is C23H28Cl2N2O4S. The lowest BCUT2D eigenvalue weighted by molar-refractivity contribution is -0.126. The van der Waals surface area contributed by atoms with Crippen LogP contribution in [0.3, 0.4) is 0 Å². The Labute approximate surface area is 199 Å². The van der Waals surface area contributed by atoms with Gasteiger partial charge >= 0.3 is 0 Å². The van der Waals surface area contributed by atoms with Crippen molar-refractivity contribution in [3.05, 3.63) is 63.6 Å². The lowest BCUT2D eigenvalue weighted by atomic mass is 9.97. The van der Waals surface area contributed by atoms with Crippen LogP contribution in [0.25, 0.3) is 0 Å². The number of ether oxygens (including phenoxy) is 1. The first-order valence-corrected chi connectivity index (χ1v) is 13.1. The quantitative estimate of drug-likeness (QED) is 0.523. The van der Waals surface area contributed by atoms with Gasteiger partial charge in [0.25, 0.3) is 0 Å². The number of hydrogen-bond acceptors (Lipinski definition) is 4. The van der Waals surface area contributed by atoms with Crippen LogP contribution >= 0.6 is 23.2 Å². The number of halogens is 2. The molecule has 1 fully saturated rings. The molecule has 1 aliphatic heterocycles. The van der Waals surface area contributed by atoms with Gasteiger partial charge in [-0.3, -0.25) is 4.79 Å². The smallest absolute Gasteiger partial charge is 0.223 e. The molecule has 32 heavy (non-hydrogen) atoms. The molecule has 1 amide bonds. The van der Waals surface area contributed by atoms with Crippen molar-refractivity contribution >= 4 is 39.1 Å². The molecular weight excluding hydrogens is 471 g/mol. The fraction of sp³-hybridized carbons (Fsp3) is 0.435. The Hall–Kier alpha value is -1.80. The zero-order chi connectivity index (χ0) is 23.1. The number of aryl methyl sites for hydroxylation is 1. The van der Waals surface area contributed by atoms with E-state index in [0.29, 0.717) is 54.7 Å². The Kier molecular flexibility index (Phi) is 8.82. The Balaban J connectivity index is 1.41. The van der Waals surface area contributed by atoms with Gasteiger partial charge in [-0.25, -0.2) is 12.7 Å². The number of rotatable bonds is 9. The molecule has 1 saturated heterocycles. The van der Waals surface area contributed by atoms with E-state index >= 15 is 0 Å². The minimum absolute atomic E-state index is 0.0623. The number of hydrogen-bond donors (Lipinski definition) is 1. The molecule has 2 aromatic carbocycles. The van der Waals surface area contributed by atoms with Gasteiger partial charge in [0.2, 0.25) is 15.9 Å². The molecule has 0 atom stereocenters. The van der Waals surface area contributed by atoms with E-state index in [0.717, 1.165) is 12.2 Å². The molecule has 1 N–H and O–H groups in total. The van der Waals surface area contributed by atoms with E-state index in [1.807, 2.05) is 24.3 Å². The molecule has 3 rings (SSSR count). The summed E-state index contributed by atoms with van der Waals surface area (Å²) >= 11 is 12.0. The number of nitrogens with one attached hydrogen (secondary N) is 1. The maximum Gasteiger partial charge on any atom is 0.223 e. The minimum Gasteiger partial charge on any atom is -0.492 e. The van der Waals surface area contributed by atoms with E-state index in [9.17, 15) is 13.2 Å². The maximum absolute atomic E-state index is 12.8. The van der Waals surface area contributed by atoms with Crippen LogP contribution in [0.4, 0.5) is 0 Å². The largest absolute Gasteiger partial charge is 0.492 e. The minimum atomic E-state index is -3.52. The van der Waals surface area contributed by atoms with Crippen molar-refractivity contribution < 1.29 is 17.9 Å². The molecule has 0 saturated carbocycles. The molecule has 0 aromatic heterocycles. The third-order valence-corrected chi connectivity index (χ3v) is 7.99. The van der Waals surface area contributed by atoms with E-state index in [2.05, 4.69) is 12.2 Å². The highest BCUT2D eigenvalue weighted by Crippen LogP contribution is 2.26. The van der Waals surface area contributed by atoms with E-state index in [4.69, 9.17) is 27.9 Å². The van der Waals surface area contributed by atoms with Gasteiger partial charge in [-0.05, 0) is 54.7 Å². The summed E-state index contributed by atoms with van der Waals surface area (Å²) < 4.78 is 32.6. The van der Waals surface area contributed by atoms with Gasteiger partial charge in [-0.2, -0.15) is 0 Å². The summed E-state index contributed by atoms with van der Waals surface area (Å²) in [6, 6.07) is 12.7. The Morgan fingerprint density at radius 3 is 2.44 bits per heavy atom. The van der Waals surface area contributed by atoms with E-state index in [1.54, 1.807) is 12.1 Å². The summed E-state index contributed by atoms with van der Waals surface area (Å²) in [7, 11) is -3.52. The molecule has 1 aliphatic rings. The fourth-order valence-corrected chi connectivity index (χ4v) is 5.78. The summed E-state index contributed by atoms with van der Waals surface area (Å²) in [4.78, 5) is 12.5. The molecule has 2 aromatic rings. The highest BCUT2D eigenvalue weighted by molar-refractivity contribution is 7.88. The third kappa shape index (κ3) is 6.85.